The molecule has 2 aliphatic rings. The Labute approximate surface area is 136 Å². The van der Waals surface area contributed by atoms with E-state index < -0.39 is 12.0 Å². The van der Waals surface area contributed by atoms with Crippen molar-refractivity contribution in [3.05, 3.63) is 17.5 Å². The normalized spacial score (nSPS) is 28.0. The molecule has 1 saturated carbocycles. The summed E-state index contributed by atoms with van der Waals surface area (Å²) in [5, 5.41) is 14.0. The zero-order valence-corrected chi connectivity index (χ0v) is 14.0. The van der Waals surface area contributed by atoms with Gasteiger partial charge in [0.05, 0.1) is 11.7 Å². The highest BCUT2D eigenvalue weighted by Gasteiger charge is 2.49. The summed E-state index contributed by atoms with van der Waals surface area (Å²) in [4.78, 5) is 26.0. The quantitative estimate of drug-likeness (QED) is 0.923. The minimum absolute atomic E-state index is 0.0631. The summed E-state index contributed by atoms with van der Waals surface area (Å²) in [7, 11) is 0. The predicted molar refractivity (Wildman–Crippen MR) is 85.0 cm³/mol. The number of aromatic nitrogens is 2. The summed E-state index contributed by atoms with van der Waals surface area (Å²) in [6.45, 7) is 6.47. The van der Waals surface area contributed by atoms with Gasteiger partial charge in [0, 0.05) is 18.7 Å². The molecule has 0 bridgehead atoms. The highest BCUT2D eigenvalue weighted by atomic mass is 16.4. The van der Waals surface area contributed by atoms with Crippen LogP contribution in [0.2, 0.25) is 0 Å². The van der Waals surface area contributed by atoms with Gasteiger partial charge in [0.2, 0.25) is 5.91 Å². The van der Waals surface area contributed by atoms with Crippen LogP contribution >= 0.6 is 0 Å². The fourth-order valence-corrected chi connectivity index (χ4v) is 4.43. The first kappa shape index (κ1) is 16.0. The molecule has 126 valence electrons. The summed E-state index contributed by atoms with van der Waals surface area (Å²) in [6.07, 6.45) is 3.36. The predicted octanol–water partition coefficient (Wildman–Crippen LogP) is 2.16. The van der Waals surface area contributed by atoms with Crippen molar-refractivity contribution in [2.24, 2.45) is 11.8 Å². The van der Waals surface area contributed by atoms with Crippen LogP contribution in [0, 0.1) is 25.7 Å². The first-order valence-corrected chi connectivity index (χ1v) is 8.43. The zero-order chi connectivity index (χ0) is 16.7. The Hall–Kier alpha value is -1.85. The van der Waals surface area contributed by atoms with Crippen LogP contribution in [0.4, 0.5) is 0 Å². The highest BCUT2D eigenvalue weighted by molar-refractivity contribution is 5.85. The van der Waals surface area contributed by atoms with Crippen molar-refractivity contribution in [3.8, 4) is 0 Å². The number of hydrogen-bond donors (Lipinski definition) is 1. The van der Waals surface area contributed by atoms with Crippen molar-refractivity contribution < 1.29 is 14.7 Å². The molecule has 0 aromatic carbocycles. The van der Waals surface area contributed by atoms with Crippen LogP contribution in [0.15, 0.2) is 6.07 Å². The molecule has 6 nitrogen and oxygen atoms in total. The van der Waals surface area contributed by atoms with E-state index in [1.807, 2.05) is 31.5 Å². The van der Waals surface area contributed by atoms with E-state index >= 15 is 0 Å². The van der Waals surface area contributed by atoms with Gasteiger partial charge >= 0.3 is 5.97 Å². The second-order valence-electron chi connectivity index (χ2n) is 7.11. The summed E-state index contributed by atoms with van der Waals surface area (Å²) < 4.78 is 1.86. The number of nitrogens with zero attached hydrogens (tertiary/aromatic N) is 3. The molecule has 1 saturated heterocycles. The first-order chi connectivity index (χ1) is 10.9. The molecular weight excluding hydrogens is 294 g/mol. The highest BCUT2D eigenvalue weighted by Crippen LogP contribution is 2.42. The summed E-state index contributed by atoms with van der Waals surface area (Å²) in [6, 6.07) is 1.29. The molecular formula is C17H25N3O3. The Morgan fingerprint density at radius 3 is 2.74 bits per heavy atom. The van der Waals surface area contributed by atoms with Crippen molar-refractivity contribution >= 4 is 11.9 Å². The number of rotatable bonds is 4. The number of carboxylic acids is 1. The molecule has 0 unspecified atom stereocenters. The van der Waals surface area contributed by atoms with E-state index in [9.17, 15) is 14.7 Å². The van der Waals surface area contributed by atoms with Gasteiger partial charge in [-0.05, 0) is 51.5 Å². The van der Waals surface area contributed by atoms with Gasteiger partial charge in [-0.1, -0.05) is 6.42 Å². The molecule has 1 aromatic heterocycles. The Morgan fingerprint density at radius 2 is 2.13 bits per heavy atom. The van der Waals surface area contributed by atoms with Crippen LogP contribution in [0.1, 0.15) is 50.0 Å². The third-order valence-electron chi connectivity index (χ3n) is 5.40. The van der Waals surface area contributed by atoms with Crippen molar-refractivity contribution in [2.45, 2.75) is 58.5 Å². The van der Waals surface area contributed by atoms with Crippen LogP contribution in [0.3, 0.4) is 0 Å². The second-order valence-corrected chi connectivity index (χ2v) is 7.11. The molecule has 2 heterocycles. The maximum atomic E-state index is 12.7. The van der Waals surface area contributed by atoms with E-state index in [2.05, 4.69) is 5.10 Å². The number of fused-ring (bicyclic) bond motifs is 1. The lowest BCUT2D eigenvalue weighted by Crippen LogP contribution is -2.43. The van der Waals surface area contributed by atoms with Gasteiger partial charge in [0.25, 0.3) is 0 Å². The lowest BCUT2D eigenvalue weighted by Gasteiger charge is -2.26. The van der Waals surface area contributed by atoms with Gasteiger partial charge < -0.3 is 10.0 Å². The van der Waals surface area contributed by atoms with E-state index in [4.69, 9.17) is 0 Å². The number of likely N-dealkylation sites (tertiary alicyclic amines) is 1. The SMILES string of the molecule is Cc1cc(C)n([C@H](C)CC(=O)N2C[C@@H]3CCC[C@H]3[C@@H]2C(=O)O)n1. The molecule has 0 radical (unpaired) electrons. The van der Waals surface area contributed by atoms with E-state index in [0.717, 1.165) is 30.7 Å². The van der Waals surface area contributed by atoms with Gasteiger partial charge in [0.1, 0.15) is 6.04 Å². The number of aryl methyl sites for hydroxylation is 2. The zero-order valence-electron chi connectivity index (χ0n) is 14.0. The van der Waals surface area contributed by atoms with Gasteiger partial charge in [-0.3, -0.25) is 9.48 Å². The fraction of sp³-hybridized carbons (Fsp3) is 0.706. The molecule has 0 spiro atoms. The largest absolute Gasteiger partial charge is 0.480 e. The van der Waals surface area contributed by atoms with Crippen LogP contribution < -0.4 is 0 Å². The maximum absolute atomic E-state index is 12.7. The molecule has 3 rings (SSSR count). The molecule has 1 N–H and O–H groups in total. The van der Waals surface area contributed by atoms with E-state index in [0.29, 0.717) is 18.9 Å². The van der Waals surface area contributed by atoms with Crippen molar-refractivity contribution in [2.75, 3.05) is 6.54 Å². The minimum atomic E-state index is -0.855. The molecule has 1 amide bonds. The summed E-state index contributed by atoms with van der Waals surface area (Å²) in [5.41, 5.74) is 1.96. The Kier molecular flexibility index (Phi) is 4.17. The van der Waals surface area contributed by atoms with Crippen molar-refractivity contribution in [1.29, 1.82) is 0 Å². The average molecular weight is 319 g/mol. The van der Waals surface area contributed by atoms with Gasteiger partial charge in [-0.25, -0.2) is 4.79 Å². The molecule has 23 heavy (non-hydrogen) atoms. The summed E-state index contributed by atoms with van der Waals surface area (Å²) >= 11 is 0. The Bertz CT molecular complexity index is 625. The van der Waals surface area contributed by atoms with Crippen LogP contribution in [-0.4, -0.2) is 44.3 Å². The summed E-state index contributed by atoms with van der Waals surface area (Å²) in [5.74, 6) is -0.414. The Morgan fingerprint density at radius 1 is 1.39 bits per heavy atom. The van der Waals surface area contributed by atoms with Gasteiger partial charge in [-0.15, -0.1) is 0 Å². The minimum Gasteiger partial charge on any atom is -0.480 e. The number of amides is 1. The topological polar surface area (TPSA) is 75.4 Å². The van der Waals surface area contributed by atoms with Crippen LogP contribution in [0.25, 0.3) is 0 Å². The Balaban J connectivity index is 1.72. The number of carbonyl (C=O) groups is 2. The molecule has 1 aliphatic carbocycles. The van der Waals surface area contributed by atoms with E-state index in [-0.39, 0.29) is 17.9 Å². The maximum Gasteiger partial charge on any atom is 0.326 e. The van der Waals surface area contributed by atoms with E-state index in [1.165, 1.54) is 0 Å². The lowest BCUT2D eigenvalue weighted by atomic mass is 9.94. The molecule has 1 aliphatic heterocycles. The first-order valence-electron chi connectivity index (χ1n) is 8.43. The number of carboxylic acid groups (broad SMARTS) is 1. The fourth-order valence-electron chi connectivity index (χ4n) is 4.43. The average Bonchev–Trinajstić information content (AvgIpc) is 3.11. The van der Waals surface area contributed by atoms with Gasteiger partial charge in [0.15, 0.2) is 0 Å². The molecule has 2 fully saturated rings. The van der Waals surface area contributed by atoms with Crippen LogP contribution in [-0.2, 0) is 9.59 Å². The molecule has 4 atom stereocenters. The third kappa shape index (κ3) is 2.86. The number of hydrogen-bond acceptors (Lipinski definition) is 3. The van der Waals surface area contributed by atoms with Crippen LogP contribution in [0.5, 0.6) is 0 Å². The molecule has 6 heteroatoms. The number of aliphatic carboxylic acids is 1. The standard InChI is InChI=1S/C17H25N3O3/c1-10-7-11(2)20(18-10)12(3)8-15(21)19-9-13-5-4-6-14(13)16(19)17(22)23/h7,12-14,16H,4-6,8-9H2,1-3H3,(H,22,23)/t12-,13+,14-,16-/m1/s1. The monoisotopic (exact) mass is 319 g/mol. The lowest BCUT2D eigenvalue weighted by molar-refractivity contribution is -0.150. The van der Waals surface area contributed by atoms with Gasteiger partial charge in [-0.2, -0.15) is 5.10 Å². The van der Waals surface area contributed by atoms with E-state index in [1.54, 1.807) is 4.90 Å². The second kappa shape index (κ2) is 5.98. The van der Waals surface area contributed by atoms with Crippen molar-refractivity contribution in [3.63, 3.8) is 0 Å². The third-order valence-corrected chi connectivity index (χ3v) is 5.40. The van der Waals surface area contributed by atoms with Crippen molar-refractivity contribution in [1.82, 2.24) is 14.7 Å². The number of carbonyl (C=O) groups excluding carboxylic acids is 1. The molecule has 1 aromatic rings. The smallest absolute Gasteiger partial charge is 0.326 e.